The van der Waals surface area contributed by atoms with Gasteiger partial charge in [0.25, 0.3) is 5.91 Å². The van der Waals surface area contributed by atoms with Crippen molar-refractivity contribution in [3.05, 3.63) is 66.4 Å². The maximum atomic E-state index is 12.4. The lowest BCUT2D eigenvalue weighted by Crippen LogP contribution is -2.31. The number of amides is 1. The van der Waals surface area contributed by atoms with Crippen LogP contribution in [-0.2, 0) is 5.41 Å². The highest BCUT2D eigenvalue weighted by Crippen LogP contribution is 2.34. The Labute approximate surface area is 217 Å². The van der Waals surface area contributed by atoms with Gasteiger partial charge in [0, 0.05) is 54.6 Å². The van der Waals surface area contributed by atoms with Crippen LogP contribution in [0.5, 0.6) is 0 Å². The number of pyridine rings is 1. The largest absolute Gasteiger partial charge is 0.405 e. The van der Waals surface area contributed by atoms with Gasteiger partial charge in [0.2, 0.25) is 5.95 Å². The van der Waals surface area contributed by atoms with Gasteiger partial charge in [0.15, 0.2) is 0 Å². The van der Waals surface area contributed by atoms with Gasteiger partial charge in [-0.15, -0.1) is 0 Å². The summed E-state index contributed by atoms with van der Waals surface area (Å²) in [4.78, 5) is 33.4. The van der Waals surface area contributed by atoms with Gasteiger partial charge in [-0.2, -0.15) is 13.2 Å². The van der Waals surface area contributed by atoms with E-state index in [9.17, 15) is 18.0 Å². The van der Waals surface area contributed by atoms with Crippen LogP contribution in [0.25, 0.3) is 22.2 Å². The summed E-state index contributed by atoms with van der Waals surface area (Å²) < 4.78 is 37.2. The number of para-hydroxylation sites is 1. The second-order valence-electron chi connectivity index (χ2n) is 8.96. The van der Waals surface area contributed by atoms with Crippen LogP contribution in [0.4, 0.5) is 24.9 Å². The zero-order valence-electron chi connectivity index (χ0n) is 21.1. The molecule has 38 heavy (non-hydrogen) atoms. The Hall–Kier alpha value is -4.35. The average Bonchev–Trinajstić information content (AvgIpc) is 2.93. The Morgan fingerprint density at radius 2 is 1.74 bits per heavy atom. The number of alkyl halides is 3. The predicted molar refractivity (Wildman–Crippen MR) is 139 cm³/mol. The molecule has 3 N–H and O–H groups in total. The molecular formula is C26H27F3N8O. The SMILES string of the molecule is CC[C@](C)(CNc1cc(-c2cnc(NCC(F)(F)F)nc2)ncn1)c1cccc2c(C(=O)NC)ccnc12. The van der Waals surface area contributed by atoms with Crippen LogP contribution in [0.2, 0.25) is 0 Å². The second-order valence-corrected chi connectivity index (χ2v) is 8.96. The summed E-state index contributed by atoms with van der Waals surface area (Å²) in [7, 11) is 1.60. The minimum atomic E-state index is -4.36. The van der Waals surface area contributed by atoms with Gasteiger partial charge in [0.05, 0.1) is 16.8 Å². The molecule has 0 bridgehead atoms. The first-order chi connectivity index (χ1) is 18.1. The number of benzene rings is 1. The fraction of sp³-hybridized carbons (Fsp3) is 0.308. The van der Waals surface area contributed by atoms with Crippen molar-refractivity contribution in [1.82, 2.24) is 30.2 Å². The van der Waals surface area contributed by atoms with Gasteiger partial charge < -0.3 is 16.0 Å². The number of nitrogens with one attached hydrogen (secondary N) is 3. The molecule has 12 heteroatoms. The van der Waals surface area contributed by atoms with Gasteiger partial charge in [0.1, 0.15) is 18.7 Å². The van der Waals surface area contributed by atoms with E-state index in [0.29, 0.717) is 29.2 Å². The van der Waals surface area contributed by atoms with Crippen molar-refractivity contribution in [2.24, 2.45) is 0 Å². The minimum Gasteiger partial charge on any atom is -0.369 e. The first kappa shape index (κ1) is 26.7. The Bertz CT molecular complexity index is 1430. The Morgan fingerprint density at radius 1 is 0.974 bits per heavy atom. The fourth-order valence-corrected chi connectivity index (χ4v) is 4.03. The maximum Gasteiger partial charge on any atom is 0.405 e. The van der Waals surface area contributed by atoms with Crippen molar-refractivity contribution < 1.29 is 18.0 Å². The van der Waals surface area contributed by atoms with E-state index in [2.05, 4.69) is 54.7 Å². The van der Waals surface area contributed by atoms with Crippen molar-refractivity contribution >= 4 is 28.6 Å². The number of nitrogens with zero attached hydrogens (tertiary/aromatic N) is 5. The third-order valence-corrected chi connectivity index (χ3v) is 6.39. The molecule has 4 rings (SSSR count). The molecule has 1 aromatic carbocycles. The molecule has 9 nitrogen and oxygen atoms in total. The summed E-state index contributed by atoms with van der Waals surface area (Å²) >= 11 is 0. The summed E-state index contributed by atoms with van der Waals surface area (Å²) in [6.07, 6.45) is 2.26. The highest BCUT2D eigenvalue weighted by Gasteiger charge is 2.28. The normalized spacial score (nSPS) is 13.1. The van der Waals surface area contributed by atoms with Gasteiger partial charge in [-0.25, -0.2) is 19.9 Å². The van der Waals surface area contributed by atoms with Crippen molar-refractivity contribution in [3.63, 3.8) is 0 Å². The van der Waals surface area contributed by atoms with Gasteiger partial charge in [-0.05, 0) is 18.1 Å². The van der Waals surface area contributed by atoms with Crippen LogP contribution >= 0.6 is 0 Å². The van der Waals surface area contributed by atoms with E-state index >= 15 is 0 Å². The van der Waals surface area contributed by atoms with E-state index in [4.69, 9.17) is 0 Å². The summed E-state index contributed by atoms with van der Waals surface area (Å²) in [5.74, 6) is 0.265. The summed E-state index contributed by atoms with van der Waals surface area (Å²) in [6.45, 7) is 3.50. The van der Waals surface area contributed by atoms with Crippen molar-refractivity contribution in [2.75, 3.05) is 30.8 Å². The number of carbonyl (C=O) groups is 1. The average molecular weight is 525 g/mol. The Morgan fingerprint density at radius 3 is 2.42 bits per heavy atom. The molecule has 3 aromatic heterocycles. The van der Waals surface area contributed by atoms with Gasteiger partial charge in [-0.3, -0.25) is 9.78 Å². The minimum absolute atomic E-state index is 0.125. The van der Waals surface area contributed by atoms with E-state index in [-0.39, 0.29) is 17.3 Å². The Kier molecular flexibility index (Phi) is 7.70. The summed E-state index contributed by atoms with van der Waals surface area (Å²) in [5.41, 5.74) is 3.03. The molecule has 3 heterocycles. The molecule has 0 saturated carbocycles. The topological polar surface area (TPSA) is 118 Å². The number of aromatic nitrogens is 5. The molecule has 0 fully saturated rings. The number of carbonyl (C=O) groups excluding carboxylic acids is 1. The first-order valence-corrected chi connectivity index (χ1v) is 11.9. The molecule has 0 radical (unpaired) electrons. The molecule has 1 amide bonds. The number of rotatable bonds is 9. The number of halogens is 3. The third-order valence-electron chi connectivity index (χ3n) is 6.39. The highest BCUT2D eigenvalue weighted by atomic mass is 19.4. The fourth-order valence-electron chi connectivity index (χ4n) is 4.03. The standard InChI is InChI=1S/C26H27F3N8O/c1-4-25(2,19-7-5-6-17-18(23(38)30-3)8-9-31-22(17)19)13-34-21-10-20(36-15-37-21)16-11-32-24(33-12-16)35-14-26(27,28)29/h5-12,15H,4,13-14H2,1-3H3,(H,30,38)(H,32,33,35)(H,34,36,37)/t25-/m1/s1. The zero-order chi connectivity index (χ0) is 27.3. The van der Waals surface area contributed by atoms with Gasteiger partial charge in [-0.1, -0.05) is 32.0 Å². The molecule has 0 saturated heterocycles. The van der Waals surface area contributed by atoms with E-state index in [1.165, 1.54) is 18.7 Å². The van der Waals surface area contributed by atoms with Crippen LogP contribution in [-0.4, -0.2) is 57.1 Å². The number of fused-ring (bicyclic) bond motifs is 1. The summed E-state index contributed by atoms with van der Waals surface area (Å²) in [6, 6.07) is 9.27. The first-order valence-electron chi connectivity index (χ1n) is 11.9. The predicted octanol–water partition coefficient (Wildman–Crippen LogP) is 4.60. The van der Waals surface area contributed by atoms with Crippen molar-refractivity contribution in [3.8, 4) is 11.3 Å². The lowest BCUT2D eigenvalue weighted by atomic mass is 9.78. The molecule has 1 atom stereocenters. The van der Waals surface area contributed by atoms with Crippen molar-refractivity contribution in [2.45, 2.75) is 31.9 Å². The van der Waals surface area contributed by atoms with E-state index < -0.39 is 12.7 Å². The van der Waals surface area contributed by atoms with Crippen molar-refractivity contribution in [1.29, 1.82) is 0 Å². The highest BCUT2D eigenvalue weighted by molar-refractivity contribution is 6.06. The summed E-state index contributed by atoms with van der Waals surface area (Å²) in [5, 5.41) is 8.96. The molecule has 0 aliphatic rings. The molecule has 4 aromatic rings. The monoisotopic (exact) mass is 524 g/mol. The maximum absolute atomic E-state index is 12.4. The quantitative estimate of drug-likeness (QED) is 0.291. The van der Waals surface area contributed by atoms with E-state index in [0.717, 1.165) is 22.9 Å². The molecular weight excluding hydrogens is 497 g/mol. The molecule has 198 valence electrons. The number of hydrogen-bond donors (Lipinski definition) is 3. The van der Waals surface area contributed by atoms with Crippen LogP contribution in [0, 0.1) is 0 Å². The van der Waals surface area contributed by atoms with Crippen LogP contribution in [0.15, 0.2) is 55.2 Å². The van der Waals surface area contributed by atoms with Crippen LogP contribution < -0.4 is 16.0 Å². The molecule has 0 spiro atoms. The number of hydrogen-bond acceptors (Lipinski definition) is 8. The lowest BCUT2D eigenvalue weighted by molar-refractivity contribution is -0.115. The lowest BCUT2D eigenvalue weighted by Gasteiger charge is -2.30. The Balaban J connectivity index is 1.54. The van der Waals surface area contributed by atoms with Gasteiger partial charge >= 0.3 is 6.18 Å². The van der Waals surface area contributed by atoms with E-state index in [1.54, 1.807) is 25.4 Å². The van der Waals surface area contributed by atoms with Crippen LogP contribution in [0.3, 0.4) is 0 Å². The number of anilines is 2. The zero-order valence-corrected chi connectivity index (χ0v) is 21.1. The molecule has 0 aliphatic heterocycles. The van der Waals surface area contributed by atoms with E-state index in [1.807, 2.05) is 18.2 Å². The third kappa shape index (κ3) is 5.96. The molecule has 0 aliphatic carbocycles. The second kappa shape index (κ2) is 11.0. The van der Waals surface area contributed by atoms with Crippen LogP contribution in [0.1, 0.15) is 36.2 Å². The molecule has 0 unspecified atom stereocenters. The smallest absolute Gasteiger partial charge is 0.369 e.